The van der Waals surface area contributed by atoms with Crippen LogP contribution in [0.5, 0.6) is 5.88 Å². The van der Waals surface area contributed by atoms with E-state index in [1.54, 1.807) is 11.8 Å². The summed E-state index contributed by atoms with van der Waals surface area (Å²) < 4.78 is 13.0. The first kappa shape index (κ1) is 15.3. The van der Waals surface area contributed by atoms with Crippen LogP contribution in [0.3, 0.4) is 0 Å². The Hall–Kier alpha value is -1.07. The molecule has 0 bridgehead atoms. The lowest BCUT2D eigenvalue weighted by atomic mass is 9.93. The predicted molar refractivity (Wildman–Crippen MR) is 78.9 cm³/mol. The summed E-state index contributed by atoms with van der Waals surface area (Å²) in [5.74, 6) is 2.04. The lowest BCUT2D eigenvalue weighted by Crippen LogP contribution is -2.31. The van der Waals surface area contributed by atoms with Gasteiger partial charge in [0, 0.05) is 26.7 Å². The molecular formula is C15H27N3O2. The molecule has 1 aliphatic heterocycles. The van der Waals surface area contributed by atoms with Gasteiger partial charge in [0.1, 0.15) is 0 Å². The van der Waals surface area contributed by atoms with Crippen LogP contribution in [-0.2, 0) is 18.3 Å². The second kappa shape index (κ2) is 6.59. The van der Waals surface area contributed by atoms with Crippen LogP contribution in [0, 0.1) is 18.8 Å². The quantitative estimate of drug-likeness (QED) is 0.865. The van der Waals surface area contributed by atoms with Crippen molar-refractivity contribution in [2.75, 3.05) is 20.3 Å². The summed E-state index contributed by atoms with van der Waals surface area (Å²) in [7, 11) is 3.61. The summed E-state index contributed by atoms with van der Waals surface area (Å²) in [6.07, 6.45) is 1.54. The second-order valence-corrected chi connectivity index (χ2v) is 5.96. The van der Waals surface area contributed by atoms with Gasteiger partial charge in [-0.15, -0.1) is 0 Å². The molecule has 0 amide bonds. The molecule has 0 spiro atoms. The number of aromatic nitrogens is 2. The van der Waals surface area contributed by atoms with Gasteiger partial charge >= 0.3 is 0 Å². The van der Waals surface area contributed by atoms with Gasteiger partial charge in [-0.1, -0.05) is 13.8 Å². The monoisotopic (exact) mass is 281 g/mol. The van der Waals surface area contributed by atoms with E-state index >= 15 is 0 Å². The number of nitrogens with one attached hydrogen (secondary N) is 1. The molecule has 1 fully saturated rings. The van der Waals surface area contributed by atoms with Crippen molar-refractivity contribution in [1.29, 1.82) is 0 Å². The molecule has 20 heavy (non-hydrogen) atoms. The van der Waals surface area contributed by atoms with Crippen molar-refractivity contribution in [2.45, 2.75) is 39.8 Å². The Bertz CT molecular complexity index is 443. The summed E-state index contributed by atoms with van der Waals surface area (Å²) in [6, 6.07) is 0. The van der Waals surface area contributed by atoms with E-state index in [4.69, 9.17) is 9.47 Å². The number of hydrogen-bond donors (Lipinski definition) is 1. The zero-order valence-electron chi connectivity index (χ0n) is 13.3. The van der Waals surface area contributed by atoms with Crippen LogP contribution in [0.1, 0.15) is 31.5 Å². The zero-order valence-corrected chi connectivity index (χ0v) is 13.3. The van der Waals surface area contributed by atoms with Crippen molar-refractivity contribution >= 4 is 0 Å². The standard InChI is InChI=1S/C15H27N3O2/c1-10(2)14-12(6-7-20-14)8-16-9-13-11(3)17-18(4)15(13)19-5/h10,12,14,16H,6-9H2,1-5H3/t12-,14-/m1/s1. The maximum atomic E-state index is 5.82. The van der Waals surface area contributed by atoms with Gasteiger partial charge < -0.3 is 14.8 Å². The largest absolute Gasteiger partial charge is 0.481 e. The number of rotatable bonds is 6. The molecule has 2 atom stereocenters. The lowest BCUT2D eigenvalue weighted by Gasteiger charge is -2.22. The Labute approximate surface area is 121 Å². The average molecular weight is 281 g/mol. The molecule has 5 heteroatoms. The van der Waals surface area contributed by atoms with E-state index in [9.17, 15) is 0 Å². The summed E-state index contributed by atoms with van der Waals surface area (Å²) in [5, 5.41) is 7.95. The summed E-state index contributed by atoms with van der Waals surface area (Å²) >= 11 is 0. The van der Waals surface area contributed by atoms with Crippen LogP contribution >= 0.6 is 0 Å². The van der Waals surface area contributed by atoms with Crippen molar-refractivity contribution in [3.05, 3.63) is 11.3 Å². The predicted octanol–water partition coefficient (Wildman–Crippen LogP) is 1.89. The van der Waals surface area contributed by atoms with Crippen LogP contribution in [0.15, 0.2) is 0 Å². The first-order chi connectivity index (χ1) is 9.54. The minimum Gasteiger partial charge on any atom is -0.481 e. The SMILES string of the molecule is COc1c(CNC[C@H]2CCO[C@@H]2C(C)C)c(C)nn1C. The van der Waals surface area contributed by atoms with Gasteiger partial charge in [0.05, 0.1) is 24.5 Å². The smallest absolute Gasteiger partial charge is 0.216 e. The van der Waals surface area contributed by atoms with Gasteiger partial charge in [-0.3, -0.25) is 0 Å². The minimum atomic E-state index is 0.388. The van der Waals surface area contributed by atoms with E-state index in [2.05, 4.69) is 24.3 Å². The minimum absolute atomic E-state index is 0.388. The highest BCUT2D eigenvalue weighted by Crippen LogP contribution is 2.26. The third-order valence-electron chi connectivity index (χ3n) is 4.11. The van der Waals surface area contributed by atoms with Crippen molar-refractivity contribution in [2.24, 2.45) is 18.9 Å². The maximum absolute atomic E-state index is 5.82. The topological polar surface area (TPSA) is 48.3 Å². The van der Waals surface area contributed by atoms with Gasteiger partial charge in [0.25, 0.3) is 0 Å². The highest BCUT2D eigenvalue weighted by atomic mass is 16.5. The molecule has 2 rings (SSSR count). The number of hydrogen-bond acceptors (Lipinski definition) is 4. The molecular weight excluding hydrogens is 254 g/mol. The number of nitrogens with zero attached hydrogens (tertiary/aromatic N) is 2. The van der Waals surface area contributed by atoms with E-state index in [0.29, 0.717) is 17.9 Å². The fourth-order valence-corrected chi connectivity index (χ4v) is 3.13. The van der Waals surface area contributed by atoms with Crippen molar-refractivity contribution in [1.82, 2.24) is 15.1 Å². The molecule has 2 heterocycles. The Morgan fingerprint density at radius 1 is 1.50 bits per heavy atom. The fraction of sp³-hybridized carbons (Fsp3) is 0.800. The molecule has 0 aromatic carbocycles. The molecule has 0 aliphatic carbocycles. The molecule has 1 saturated heterocycles. The van der Waals surface area contributed by atoms with Gasteiger partial charge in [-0.2, -0.15) is 5.10 Å². The highest BCUT2D eigenvalue weighted by molar-refractivity contribution is 5.30. The third kappa shape index (κ3) is 3.15. The molecule has 5 nitrogen and oxygen atoms in total. The lowest BCUT2D eigenvalue weighted by molar-refractivity contribution is 0.0539. The van der Waals surface area contributed by atoms with E-state index in [1.165, 1.54) is 0 Å². The summed E-state index contributed by atoms with van der Waals surface area (Å²) in [4.78, 5) is 0. The van der Waals surface area contributed by atoms with Crippen LogP contribution in [0.4, 0.5) is 0 Å². The summed E-state index contributed by atoms with van der Waals surface area (Å²) in [6.45, 7) is 9.17. The summed E-state index contributed by atoms with van der Waals surface area (Å²) in [5.41, 5.74) is 2.18. The molecule has 1 aromatic heterocycles. The number of methoxy groups -OCH3 is 1. The van der Waals surface area contributed by atoms with E-state index in [-0.39, 0.29) is 0 Å². The van der Waals surface area contributed by atoms with Gasteiger partial charge in [-0.05, 0) is 25.2 Å². The van der Waals surface area contributed by atoms with Crippen LogP contribution in [0.25, 0.3) is 0 Å². The Morgan fingerprint density at radius 3 is 2.90 bits per heavy atom. The maximum Gasteiger partial charge on any atom is 0.216 e. The first-order valence-corrected chi connectivity index (χ1v) is 7.43. The highest BCUT2D eigenvalue weighted by Gasteiger charge is 2.30. The van der Waals surface area contributed by atoms with Crippen LogP contribution in [0.2, 0.25) is 0 Å². The molecule has 1 N–H and O–H groups in total. The van der Waals surface area contributed by atoms with Crippen LogP contribution in [-0.4, -0.2) is 36.1 Å². The normalized spacial score (nSPS) is 22.7. The average Bonchev–Trinajstić information content (AvgIpc) is 2.95. The zero-order chi connectivity index (χ0) is 14.7. The molecule has 1 aliphatic rings. The van der Waals surface area contributed by atoms with Gasteiger partial charge in [0.2, 0.25) is 5.88 Å². The number of ether oxygens (including phenoxy) is 2. The van der Waals surface area contributed by atoms with E-state index < -0.39 is 0 Å². The van der Waals surface area contributed by atoms with Crippen LogP contribution < -0.4 is 10.1 Å². The molecule has 1 aromatic rings. The second-order valence-electron chi connectivity index (χ2n) is 5.96. The van der Waals surface area contributed by atoms with Gasteiger partial charge in [0.15, 0.2) is 0 Å². The molecule has 0 saturated carbocycles. The Morgan fingerprint density at radius 2 is 2.25 bits per heavy atom. The van der Waals surface area contributed by atoms with Crippen molar-refractivity contribution < 1.29 is 9.47 Å². The molecule has 0 unspecified atom stereocenters. The van der Waals surface area contributed by atoms with E-state index in [1.807, 2.05) is 14.0 Å². The Kier molecular flexibility index (Phi) is 5.05. The fourth-order valence-electron chi connectivity index (χ4n) is 3.13. The molecule has 114 valence electrons. The Balaban J connectivity index is 1.90. The number of aryl methyl sites for hydroxylation is 2. The van der Waals surface area contributed by atoms with Crippen molar-refractivity contribution in [3.63, 3.8) is 0 Å². The van der Waals surface area contributed by atoms with E-state index in [0.717, 1.165) is 43.3 Å². The third-order valence-corrected chi connectivity index (χ3v) is 4.11. The molecule has 0 radical (unpaired) electrons. The van der Waals surface area contributed by atoms with Crippen molar-refractivity contribution in [3.8, 4) is 5.88 Å². The van der Waals surface area contributed by atoms with Gasteiger partial charge in [-0.25, -0.2) is 4.68 Å². The first-order valence-electron chi connectivity index (χ1n) is 7.43.